The molecule has 0 aromatic heterocycles. The average Bonchev–Trinajstić information content (AvgIpc) is 2.87. The summed E-state index contributed by atoms with van der Waals surface area (Å²) in [6.45, 7) is 3.72. The van der Waals surface area contributed by atoms with Crippen LogP contribution in [-0.4, -0.2) is 19.2 Å². The highest BCUT2D eigenvalue weighted by molar-refractivity contribution is 5.19. The summed E-state index contributed by atoms with van der Waals surface area (Å²) in [6.07, 6.45) is 5.08. The van der Waals surface area contributed by atoms with E-state index in [1.165, 1.54) is 18.9 Å². The number of hydrogen-bond acceptors (Lipinski definition) is 2. The molecule has 0 aliphatic heterocycles. The highest BCUT2D eigenvalue weighted by Crippen LogP contribution is 2.27. The Morgan fingerprint density at radius 1 is 1.39 bits per heavy atom. The minimum absolute atomic E-state index is 0.0382. The van der Waals surface area contributed by atoms with Crippen LogP contribution in [0.1, 0.15) is 44.3 Å². The molecule has 1 aliphatic carbocycles. The third kappa shape index (κ3) is 3.79. The molecule has 1 aliphatic rings. The number of benzene rings is 1. The zero-order valence-corrected chi connectivity index (χ0v) is 11.0. The molecule has 18 heavy (non-hydrogen) atoms. The highest BCUT2D eigenvalue weighted by Gasteiger charge is 2.21. The van der Waals surface area contributed by atoms with Gasteiger partial charge in [0.15, 0.2) is 0 Å². The van der Waals surface area contributed by atoms with Crippen molar-refractivity contribution in [2.75, 3.05) is 13.1 Å². The zero-order chi connectivity index (χ0) is 12.8. The summed E-state index contributed by atoms with van der Waals surface area (Å²) in [7, 11) is 0. The van der Waals surface area contributed by atoms with Gasteiger partial charge in [0.1, 0.15) is 5.82 Å². The lowest BCUT2D eigenvalue weighted by atomic mass is 10.1. The molecule has 0 saturated heterocycles. The minimum Gasteiger partial charge on any atom is -0.369 e. The molecule has 1 N–H and O–H groups in total. The Labute approximate surface area is 109 Å². The number of hydrogen-bond donors (Lipinski definition) is 1. The number of ether oxygens (including phenoxy) is 1. The van der Waals surface area contributed by atoms with Gasteiger partial charge in [-0.1, -0.05) is 31.9 Å². The topological polar surface area (TPSA) is 21.3 Å². The molecule has 0 radical (unpaired) electrons. The molecule has 1 aromatic carbocycles. The van der Waals surface area contributed by atoms with Crippen LogP contribution in [0.4, 0.5) is 4.39 Å². The Bertz CT molecular complexity index is 363. The highest BCUT2D eigenvalue weighted by atomic mass is 19.1. The van der Waals surface area contributed by atoms with Crippen molar-refractivity contribution >= 4 is 0 Å². The van der Waals surface area contributed by atoms with Crippen molar-refractivity contribution in [1.29, 1.82) is 0 Å². The van der Waals surface area contributed by atoms with Crippen molar-refractivity contribution in [1.82, 2.24) is 5.32 Å². The van der Waals surface area contributed by atoms with Crippen LogP contribution in [0.2, 0.25) is 0 Å². The SMILES string of the molecule is CCNCC(OC1CCCC1)c1cccc(F)c1. The van der Waals surface area contributed by atoms with Crippen molar-refractivity contribution in [3.63, 3.8) is 0 Å². The summed E-state index contributed by atoms with van der Waals surface area (Å²) < 4.78 is 19.4. The van der Waals surface area contributed by atoms with Gasteiger partial charge in [-0.15, -0.1) is 0 Å². The molecule has 1 saturated carbocycles. The molecule has 100 valence electrons. The van der Waals surface area contributed by atoms with Crippen molar-refractivity contribution in [3.8, 4) is 0 Å². The van der Waals surface area contributed by atoms with Crippen molar-refractivity contribution in [3.05, 3.63) is 35.6 Å². The van der Waals surface area contributed by atoms with Crippen LogP contribution >= 0.6 is 0 Å². The molecular weight excluding hydrogens is 229 g/mol. The molecule has 1 fully saturated rings. The molecule has 1 unspecified atom stereocenters. The Balaban J connectivity index is 2.03. The summed E-state index contributed by atoms with van der Waals surface area (Å²) in [4.78, 5) is 0. The molecule has 0 spiro atoms. The van der Waals surface area contributed by atoms with Gasteiger partial charge in [-0.2, -0.15) is 0 Å². The summed E-state index contributed by atoms with van der Waals surface area (Å²) >= 11 is 0. The van der Waals surface area contributed by atoms with Gasteiger partial charge in [-0.3, -0.25) is 0 Å². The lowest BCUT2D eigenvalue weighted by Crippen LogP contribution is -2.26. The molecule has 3 heteroatoms. The lowest BCUT2D eigenvalue weighted by Gasteiger charge is -2.23. The largest absolute Gasteiger partial charge is 0.369 e. The fourth-order valence-electron chi connectivity index (χ4n) is 2.48. The van der Waals surface area contributed by atoms with Gasteiger partial charge in [-0.05, 0) is 37.1 Å². The van der Waals surface area contributed by atoms with E-state index in [4.69, 9.17) is 4.74 Å². The molecule has 0 amide bonds. The normalized spacial score (nSPS) is 18.1. The third-order valence-corrected chi connectivity index (χ3v) is 3.46. The van der Waals surface area contributed by atoms with Gasteiger partial charge in [-0.25, -0.2) is 4.39 Å². The smallest absolute Gasteiger partial charge is 0.123 e. The quantitative estimate of drug-likeness (QED) is 0.836. The molecular formula is C15H22FNO. The molecule has 2 rings (SSSR count). The first kappa shape index (κ1) is 13.5. The van der Waals surface area contributed by atoms with Crippen LogP contribution in [0.5, 0.6) is 0 Å². The summed E-state index contributed by atoms with van der Waals surface area (Å²) in [5, 5.41) is 3.29. The van der Waals surface area contributed by atoms with Crippen LogP contribution in [0.25, 0.3) is 0 Å². The third-order valence-electron chi connectivity index (χ3n) is 3.46. The second-order valence-electron chi connectivity index (χ2n) is 4.89. The first-order valence-corrected chi connectivity index (χ1v) is 6.91. The first-order chi connectivity index (χ1) is 8.79. The van der Waals surface area contributed by atoms with E-state index in [2.05, 4.69) is 12.2 Å². The van der Waals surface area contributed by atoms with Gasteiger partial charge in [0.05, 0.1) is 12.2 Å². The standard InChI is InChI=1S/C15H22FNO/c1-2-17-11-15(18-14-8-3-4-9-14)12-6-5-7-13(16)10-12/h5-7,10,14-15,17H,2-4,8-9,11H2,1H3. The summed E-state index contributed by atoms with van der Waals surface area (Å²) in [5.41, 5.74) is 0.933. The van der Waals surface area contributed by atoms with Crippen LogP contribution in [0, 0.1) is 5.82 Å². The van der Waals surface area contributed by atoms with E-state index in [0.717, 1.165) is 31.5 Å². The van der Waals surface area contributed by atoms with E-state index in [1.54, 1.807) is 12.1 Å². The van der Waals surface area contributed by atoms with Gasteiger partial charge in [0, 0.05) is 6.54 Å². The molecule has 0 heterocycles. The second-order valence-corrected chi connectivity index (χ2v) is 4.89. The predicted molar refractivity (Wildman–Crippen MR) is 71.0 cm³/mol. The van der Waals surface area contributed by atoms with Gasteiger partial charge in [0.25, 0.3) is 0 Å². The fourth-order valence-corrected chi connectivity index (χ4v) is 2.48. The average molecular weight is 251 g/mol. The first-order valence-electron chi connectivity index (χ1n) is 6.91. The summed E-state index contributed by atoms with van der Waals surface area (Å²) in [5.74, 6) is -0.191. The predicted octanol–water partition coefficient (Wildman–Crippen LogP) is 3.44. The Morgan fingerprint density at radius 2 is 2.17 bits per heavy atom. The van der Waals surface area contributed by atoms with E-state index < -0.39 is 0 Å². The molecule has 1 aromatic rings. The number of nitrogens with one attached hydrogen (secondary N) is 1. The Morgan fingerprint density at radius 3 is 2.83 bits per heavy atom. The minimum atomic E-state index is -0.191. The van der Waals surface area contributed by atoms with Gasteiger partial charge in [0.2, 0.25) is 0 Å². The number of halogens is 1. The number of likely N-dealkylation sites (N-methyl/N-ethyl adjacent to an activating group) is 1. The Kier molecular flexibility index (Phi) is 5.14. The van der Waals surface area contributed by atoms with E-state index in [-0.39, 0.29) is 11.9 Å². The molecule has 0 bridgehead atoms. The van der Waals surface area contributed by atoms with Crippen LogP contribution in [0.3, 0.4) is 0 Å². The van der Waals surface area contributed by atoms with Gasteiger partial charge < -0.3 is 10.1 Å². The maximum Gasteiger partial charge on any atom is 0.123 e. The summed E-state index contributed by atoms with van der Waals surface area (Å²) in [6, 6.07) is 6.75. The van der Waals surface area contributed by atoms with Crippen LogP contribution in [0.15, 0.2) is 24.3 Å². The zero-order valence-electron chi connectivity index (χ0n) is 11.0. The molecule has 1 atom stereocenters. The van der Waals surface area contributed by atoms with Gasteiger partial charge >= 0.3 is 0 Å². The number of rotatable bonds is 6. The Hall–Kier alpha value is -0.930. The van der Waals surface area contributed by atoms with Crippen molar-refractivity contribution < 1.29 is 9.13 Å². The van der Waals surface area contributed by atoms with Crippen molar-refractivity contribution in [2.24, 2.45) is 0 Å². The lowest BCUT2D eigenvalue weighted by molar-refractivity contribution is -0.00863. The van der Waals surface area contributed by atoms with Crippen molar-refractivity contribution in [2.45, 2.75) is 44.8 Å². The van der Waals surface area contributed by atoms with Crippen LogP contribution in [-0.2, 0) is 4.74 Å². The van der Waals surface area contributed by atoms with E-state index in [0.29, 0.717) is 6.10 Å². The van der Waals surface area contributed by atoms with E-state index in [1.807, 2.05) is 6.07 Å². The van der Waals surface area contributed by atoms with E-state index in [9.17, 15) is 4.39 Å². The van der Waals surface area contributed by atoms with Crippen LogP contribution < -0.4 is 5.32 Å². The molecule has 2 nitrogen and oxygen atoms in total. The maximum absolute atomic E-state index is 13.3. The second kappa shape index (κ2) is 6.86. The van der Waals surface area contributed by atoms with E-state index >= 15 is 0 Å². The maximum atomic E-state index is 13.3. The monoisotopic (exact) mass is 251 g/mol. The fraction of sp³-hybridized carbons (Fsp3) is 0.600.